The van der Waals surface area contributed by atoms with Crippen LogP contribution in [-0.4, -0.2) is 24.3 Å². The van der Waals surface area contributed by atoms with Crippen LogP contribution in [0.25, 0.3) is 0 Å². The molecule has 0 radical (unpaired) electrons. The van der Waals surface area contributed by atoms with Crippen molar-refractivity contribution in [3.8, 4) is 0 Å². The lowest BCUT2D eigenvalue weighted by molar-refractivity contribution is 0.0967. The molecule has 3 nitrogen and oxygen atoms in total. The average Bonchev–Trinajstić information content (AvgIpc) is 2.21. The van der Waals surface area contributed by atoms with Gasteiger partial charge in [0.15, 0.2) is 11.6 Å². The Kier molecular flexibility index (Phi) is 3.19. The lowest BCUT2D eigenvalue weighted by Gasteiger charge is -2.36. The molecule has 1 saturated heterocycles. The van der Waals surface area contributed by atoms with Crippen LogP contribution in [0.2, 0.25) is 0 Å². The van der Waals surface area contributed by atoms with Crippen LogP contribution in [0, 0.1) is 17.6 Å². The third-order valence-corrected chi connectivity index (χ3v) is 3.22. The zero-order chi connectivity index (χ0) is 12.6. The molecule has 0 bridgehead atoms. The van der Waals surface area contributed by atoms with Gasteiger partial charge in [-0.1, -0.05) is 6.92 Å². The molecule has 3 N–H and O–H groups in total. The Labute approximate surface area is 98.8 Å². The Hall–Kier alpha value is -1.36. The normalized spacial score (nSPS) is 25.1. The highest BCUT2D eigenvalue weighted by Gasteiger charge is 2.27. The topological polar surface area (TPSA) is 49.5 Å². The van der Waals surface area contributed by atoms with Crippen LogP contribution in [0.3, 0.4) is 0 Å². The summed E-state index contributed by atoms with van der Waals surface area (Å²) in [5.41, 5.74) is 5.40. The highest BCUT2D eigenvalue weighted by Crippen LogP contribution is 2.29. The molecule has 2 atom stereocenters. The van der Waals surface area contributed by atoms with Gasteiger partial charge in [-0.25, -0.2) is 8.78 Å². The summed E-state index contributed by atoms with van der Waals surface area (Å²) in [4.78, 5) is 1.63. The third kappa shape index (κ3) is 2.34. The summed E-state index contributed by atoms with van der Waals surface area (Å²) in [7, 11) is 0. The summed E-state index contributed by atoms with van der Waals surface area (Å²) in [5.74, 6) is -1.29. The van der Waals surface area contributed by atoms with Crippen molar-refractivity contribution >= 4 is 11.4 Å². The van der Waals surface area contributed by atoms with E-state index in [4.69, 9.17) is 5.73 Å². The summed E-state index contributed by atoms with van der Waals surface area (Å²) < 4.78 is 27.4. The van der Waals surface area contributed by atoms with E-state index in [2.05, 4.69) is 0 Å². The summed E-state index contributed by atoms with van der Waals surface area (Å²) in [6.07, 6.45) is 0.121. The highest BCUT2D eigenvalue weighted by atomic mass is 19.1. The van der Waals surface area contributed by atoms with E-state index in [1.807, 2.05) is 6.92 Å². The van der Waals surface area contributed by atoms with E-state index in [9.17, 15) is 13.9 Å². The maximum absolute atomic E-state index is 13.7. The van der Waals surface area contributed by atoms with Gasteiger partial charge in [-0.3, -0.25) is 0 Å². The number of aliphatic hydroxyl groups excluding tert-OH is 1. The van der Waals surface area contributed by atoms with E-state index in [1.54, 1.807) is 4.90 Å². The number of hydrogen-bond acceptors (Lipinski definition) is 3. The zero-order valence-electron chi connectivity index (χ0n) is 9.66. The van der Waals surface area contributed by atoms with Crippen LogP contribution >= 0.6 is 0 Å². The fourth-order valence-electron chi connectivity index (χ4n) is 2.22. The molecule has 0 amide bonds. The number of piperidine rings is 1. The summed E-state index contributed by atoms with van der Waals surface area (Å²) in [5, 5.41) is 9.59. The van der Waals surface area contributed by atoms with Gasteiger partial charge in [0.25, 0.3) is 0 Å². The standard InChI is InChI=1S/C12H16F2N2O/c1-7-6-16(3-2-11(7)17)12-9(13)4-8(15)5-10(12)14/h4-5,7,11,17H,2-3,6,15H2,1H3. The molecule has 5 heteroatoms. The number of aliphatic hydroxyl groups is 1. The van der Waals surface area contributed by atoms with Crippen LogP contribution in [0.1, 0.15) is 13.3 Å². The quantitative estimate of drug-likeness (QED) is 0.738. The van der Waals surface area contributed by atoms with E-state index < -0.39 is 17.7 Å². The molecule has 1 aliphatic heterocycles. The van der Waals surface area contributed by atoms with E-state index in [0.29, 0.717) is 19.5 Å². The van der Waals surface area contributed by atoms with E-state index in [1.165, 1.54) is 0 Å². The van der Waals surface area contributed by atoms with Gasteiger partial charge in [0, 0.05) is 18.8 Å². The second-order valence-electron chi connectivity index (χ2n) is 4.61. The van der Waals surface area contributed by atoms with Gasteiger partial charge in [-0.15, -0.1) is 0 Å². The van der Waals surface area contributed by atoms with Crippen molar-refractivity contribution in [1.29, 1.82) is 0 Å². The lowest BCUT2D eigenvalue weighted by atomic mass is 9.96. The van der Waals surface area contributed by atoms with Crippen molar-refractivity contribution in [3.05, 3.63) is 23.8 Å². The number of rotatable bonds is 1. The molecule has 94 valence electrons. The largest absolute Gasteiger partial charge is 0.399 e. The predicted molar refractivity (Wildman–Crippen MR) is 62.8 cm³/mol. The minimum Gasteiger partial charge on any atom is -0.399 e. The van der Waals surface area contributed by atoms with Crippen molar-refractivity contribution in [2.75, 3.05) is 23.7 Å². The molecule has 1 heterocycles. The van der Waals surface area contributed by atoms with Crippen LogP contribution in [-0.2, 0) is 0 Å². The summed E-state index contributed by atoms with van der Waals surface area (Å²) in [6, 6.07) is 2.24. The van der Waals surface area contributed by atoms with Gasteiger partial charge >= 0.3 is 0 Å². The molecule has 1 aromatic carbocycles. The lowest BCUT2D eigenvalue weighted by Crippen LogP contribution is -2.42. The summed E-state index contributed by atoms with van der Waals surface area (Å²) in [6.45, 7) is 2.76. The van der Waals surface area contributed by atoms with E-state index >= 15 is 0 Å². The molecule has 0 spiro atoms. The molecule has 0 saturated carbocycles. The van der Waals surface area contributed by atoms with Crippen molar-refractivity contribution in [2.45, 2.75) is 19.4 Å². The first-order chi connectivity index (χ1) is 7.99. The molecular formula is C12H16F2N2O. The molecule has 0 aromatic heterocycles. The Bertz CT molecular complexity index is 402. The molecule has 1 aromatic rings. The predicted octanol–water partition coefficient (Wildman–Crippen LogP) is 1.75. The molecule has 17 heavy (non-hydrogen) atoms. The second kappa shape index (κ2) is 4.49. The van der Waals surface area contributed by atoms with Gasteiger partial charge in [-0.05, 0) is 24.5 Å². The maximum atomic E-state index is 13.7. The van der Waals surface area contributed by atoms with Crippen molar-refractivity contribution in [2.24, 2.45) is 5.92 Å². The molecular weight excluding hydrogens is 226 g/mol. The minimum absolute atomic E-state index is 0.0000954. The van der Waals surface area contributed by atoms with Crippen molar-refractivity contribution < 1.29 is 13.9 Å². The smallest absolute Gasteiger partial charge is 0.151 e. The fraction of sp³-hybridized carbons (Fsp3) is 0.500. The number of anilines is 2. The van der Waals surface area contributed by atoms with Crippen LogP contribution < -0.4 is 10.6 Å². The first-order valence-corrected chi connectivity index (χ1v) is 5.66. The number of nitrogen functional groups attached to an aromatic ring is 1. The van der Waals surface area contributed by atoms with Gasteiger partial charge < -0.3 is 15.7 Å². The third-order valence-electron chi connectivity index (χ3n) is 3.22. The first kappa shape index (κ1) is 12.1. The molecule has 1 aliphatic rings. The van der Waals surface area contributed by atoms with Gasteiger partial charge in [0.2, 0.25) is 0 Å². The Balaban J connectivity index is 2.29. The zero-order valence-corrected chi connectivity index (χ0v) is 9.66. The number of hydrogen-bond donors (Lipinski definition) is 2. The second-order valence-corrected chi connectivity index (χ2v) is 4.61. The van der Waals surface area contributed by atoms with Crippen molar-refractivity contribution in [1.82, 2.24) is 0 Å². The number of halogens is 2. The highest BCUT2D eigenvalue weighted by molar-refractivity contribution is 5.56. The van der Waals surface area contributed by atoms with Gasteiger partial charge in [0.1, 0.15) is 5.69 Å². The Morgan fingerprint density at radius 2 is 1.94 bits per heavy atom. The van der Waals surface area contributed by atoms with Crippen molar-refractivity contribution in [3.63, 3.8) is 0 Å². The van der Waals surface area contributed by atoms with Crippen LogP contribution in [0.15, 0.2) is 12.1 Å². The van der Waals surface area contributed by atoms with E-state index in [0.717, 1.165) is 12.1 Å². The molecule has 0 aliphatic carbocycles. The number of nitrogens with zero attached hydrogens (tertiary/aromatic N) is 1. The van der Waals surface area contributed by atoms with Gasteiger partial charge in [-0.2, -0.15) is 0 Å². The number of benzene rings is 1. The minimum atomic E-state index is -0.647. The van der Waals surface area contributed by atoms with E-state index in [-0.39, 0.29) is 17.3 Å². The van der Waals surface area contributed by atoms with Crippen LogP contribution in [0.4, 0.5) is 20.2 Å². The average molecular weight is 242 g/mol. The maximum Gasteiger partial charge on any atom is 0.151 e. The molecule has 1 fully saturated rings. The number of nitrogens with two attached hydrogens (primary N) is 1. The Morgan fingerprint density at radius 1 is 1.35 bits per heavy atom. The fourth-order valence-corrected chi connectivity index (χ4v) is 2.22. The summed E-state index contributed by atoms with van der Waals surface area (Å²) >= 11 is 0. The Morgan fingerprint density at radius 3 is 2.47 bits per heavy atom. The molecule has 2 unspecified atom stereocenters. The SMILES string of the molecule is CC1CN(c2c(F)cc(N)cc2F)CCC1O. The molecule has 2 rings (SSSR count). The first-order valence-electron chi connectivity index (χ1n) is 5.66. The van der Waals surface area contributed by atoms with Gasteiger partial charge in [0.05, 0.1) is 6.10 Å². The van der Waals surface area contributed by atoms with Crippen LogP contribution in [0.5, 0.6) is 0 Å². The monoisotopic (exact) mass is 242 g/mol.